The van der Waals surface area contributed by atoms with E-state index < -0.39 is 11.5 Å². The van der Waals surface area contributed by atoms with Gasteiger partial charge >= 0.3 is 5.97 Å². The Hall–Kier alpha value is -4.20. The van der Waals surface area contributed by atoms with Crippen molar-refractivity contribution in [2.45, 2.75) is 31.7 Å². The van der Waals surface area contributed by atoms with E-state index >= 15 is 0 Å². The summed E-state index contributed by atoms with van der Waals surface area (Å²) in [5.74, 6) is -0.838. The van der Waals surface area contributed by atoms with Crippen molar-refractivity contribution >= 4 is 44.2 Å². The van der Waals surface area contributed by atoms with Gasteiger partial charge in [-0.1, -0.05) is 82.7 Å². The van der Waals surface area contributed by atoms with Crippen LogP contribution < -0.4 is 5.73 Å². The Bertz CT molecular complexity index is 1690. The zero-order valence-corrected chi connectivity index (χ0v) is 23.7. The van der Waals surface area contributed by atoms with Crippen molar-refractivity contribution in [3.63, 3.8) is 0 Å². The lowest BCUT2D eigenvalue weighted by atomic mass is 9.86. The summed E-state index contributed by atoms with van der Waals surface area (Å²) in [6.45, 7) is 2.02. The van der Waals surface area contributed by atoms with Gasteiger partial charge in [-0.2, -0.15) is 0 Å². The van der Waals surface area contributed by atoms with E-state index in [4.69, 9.17) is 15.8 Å². The van der Waals surface area contributed by atoms with Gasteiger partial charge in [-0.05, 0) is 66.8 Å². The maximum Gasteiger partial charge on any atom is 0.303 e. The van der Waals surface area contributed by atoms with Crippen molar-refractivity contribution in [3.8, 4) is 5.88 Å². The number of benzene rings is 4. The molecule has 1 aromatic heterocycles. The number of carbonyl (C=O) groups is 1. The Morgan fingerprint density at radius 2 is 1.68 bits per heavy atom. The number of hydrogen-bond acceptors (Lipinski definition) is 4. The zero-order chi connectivity index (χ0) is 28.3. The molecule has 0 aliphatic heterocycles. The van der Waals surface area contributed by atoms with Crippen molar-refractivity contribution in [3.05, 3.63) is 129 Å². The number of aryl methyl sites for hydroxylation is 1. The monoisotopic (exact) mass is 595 g/mol. The van der Waals surface area contributed by atoms with Gasteiger partial charge in [-0.3, -0.25) is 4.79 Å². The summed E-state index contributed by atoms with van der Waals surface area (Å²) in [7, 11) is 0. The fraction of sp³-hybridized carbons (Fsp3) is 0.152. The minimum atomic E-state index is -0.849. The lowest BCUT2D eigenvalue weighted by Crippen LogP contribution is -2.35. The maximum absolute atomic E-state index is 11.2. The molecule has 0 aliphatic carbocycles. The highest BCUT2D eigenvalue weighted by molar-refractivity contribution is 9.10. The summed E-state index contributed by atoms with van der Waals surface area (Å²) in [4.78, 5) is 19.2. The molecule has 5 rings (SSSR count). The number of aromatic amines is 1. The molecular weight excluding hydrogens is 566 g/mol. The van der Waals surface area contributed by atoms with Crippen LogP contribution >= 0.6 is 15.9 Å². The molecule has 0 radical (unpaired) electrons. The molecule has 0 saturated heterocycles. The number of H-pyrrole nitrogens is 1. The minimum absolute atomic E-state index is 0.0109. The number of aromatic hydroxyl groups is 1. The van der Waals surface area contributed by atoms with Crippen LogP contribution in [0.1, 0.15) is 41.2 Å². The number of fused-ring (bicyclic) bond motifs is 1. The number of aliphatic carboxylic acids is 1. The van der Waals surface area contributed by atoms with Crippen molar-refractivity contribution in [2.24, 2.45) is 10.7 Å². The first-order valence-electron chi connectivity index (χ1n) is 13.0. The van der Waals surface area contributed by atoms with Gasteiger partial charge in [-0.15, -0.1) is 0 Å². The summed E-state index contributed by atoms with van der Waals surface area (Å²) >= 11 is 3.49. The second-order valence-electron chi connectivity index (χ2n) is 10.2. The van der Waals surface area contributed by atoms with Gasteiger partial charge in [0.05, 0.1) is 22.5 Å². The van der Waals surface area contributed by atoms with Gasteiger partial charge in [0.2, 0.25) is 0 Å². The Labute approximate surface area is 241 Å². The third kappa shape index (κ3) is 6.17. The number of carboxylic acids is 1. The largest absolute Gasteiger partial charge is 0.494 e. The Morgan fingerprint density at radius 3 is 2.40 bits per heavy atom. The molecule has 1 atom stereocenters. The number of hydrogen-bond donors (Lipinski definition) is 4. The highest BCUT2D eigenvalue weighted by Gasteiger charge is 2.22. The van der Waals surface area contributed by atoms with Crippen LogP contribution in [-0.4, -0.2) is 26.9 Å². The molecule has 4 aromatic carbocycles. The third-order valence-electron chi connectivity index (χ3n) is 6.99. The SMILES string of the molecule is CC(N)(Cc1ccccc1)c1ccc(N=C(c2cccc(CCC(=O)O)c2)c2c(O)[nH]c3cc(Br)ccc23)cc1. The van der Waals surface area contributed by atoms with Crippen molar-refractivity contribution < 1.29 is 15.0 Å². The van der Waals surface area contributed by atoms with Crippen LogP contribution in [0.15, 0.2) is 107 Å². The number of nitrogens with zero attached hydrogens (tertiary/aromatic N) is 1. The molecule has 0 amide bonds. The highest BCUT2D eigenvalue weighted by Crippen LogP contribution is 2.34. The van der Waals surface area contributed by atoms with E-state index in [1.165, 1.54) is 5.56 Å². The first kappa shape index (κ1) is 27.4. The summed E-state index contributed by atoms with van der Waals surface area (Å²) in [5.41, 5.74) is 12.6. The van der Waals surface area contributed by atoms with E-state index in [1.54, 1.807) is 0 Å². The molecule has 0 saturated carbocycles. The lowest BCUT2D eigenvalue weighted by Gasteiger charge is -2.25. The number of aliphatic imine (C=N–C) groups is 1. The van der Waals surface area contributed by atoms with E-state index in [2.05, 4.69) is 33.0 Å². The van der Waals surface area contributed by atoms with Gasteiger partial charge in [0.1, 0.15) is 0 Å². The molecule has 6 nitrogen and oxygen atoms in total. The van der Waals surface area contributed by atoms with E-state index in [0.29, 0.717) is 29.8 Å². The van der Waals surface area contributed by atoms with Crippen LogP contribution in [0.5, 0.6) is 5.88 Å². The first-order valence-corrected chi connectivity index (χ1v) is 13.8. The van der Waals surface area contributed by atoms with Crippen LogP contribution in [-0.2, 0) is 23.2 Å². The standard InChI is InChI=1S/C33H30BrN3O3/c1-33(35,20-22-6-3-2-4-7-22)24-11-14-26(15-12-24)36-31(23-9-5-8-21(18-23)10-17-29(38)39)30-27-16-13-25(34)19-28(27)37-32(30)40/h2-9,11-16,18-19,37,40H,10,17,20,35H2,1H3,(H,38,39). The molecule has 0 aliphatic rings. The van der Waals surface area contributed by atoms with Crippen LogP contribution in [0, 0.1) is 0 Å². The average molecular weight is 597 g/mol. The first-order chi connectivity index (χ1) is 19.2. The molecule has 1 heterocycles. The molecule has 0 bridgehead atoms. The summed E-state index contributed by atoms with van der Waals surface area (Å²) in [5, 5.41) is 21.0. The molecule has 0 fully saturated rings. The maximum atomic E-state index is 11.2. The van der Waals surface area contributed by atoms with Crippen molar-refractivity contribution in [1.29, 1.82) is 0 Å². The normalized spacial score (nSPS) is 13.3. The average Bonchev–Trinajstić information content (AvgIpc) is 3.25. The number of rotatable bonds is 9. The summed E-state index contributed by atoms with van der Waals surface area (Å²) in [6, 6.07) is 31.4. The molecule has 202 valence electrons. The number of carboxylic acid groups (broad SMARTS) is 1. The van der Waals surface area contributed by atoms with Gasteiger partial charge in [-0.25, -0.2) is 4.99 Å². The van der Waals surface area contributed by atoms with E-state index in [1.807, 2.05) is 91.9 Å². The quantitative estimate of drug-likeness (QED) is 0.134. The fourth-order valence-corrected chi connectivity index (χ4v) is 5.31. The molecule has 5 N–H and O–H groups in total. The van der Waals surface area contributed by atoms with Gasteiger partial charge < -0.3 is 20.9 Å². The predicted octanol–water partition coefficient (Wildman–Crippen LogP) is 7.24. The van der Waals surface area contributed by atoms with E-state index in [0.717, 1.165) is 32.1 Å². The van der Waals surface area contributed by atoms with Crippen LogP contribution in [0.2, 0.25) is 0 Å². The smallest absolute Gasteiger partial charge is 0.303 e. The number of halogens is 1. The molecule has 5 aromatic rings. The molecule has 7 heteroatoms. The predicted molar refractivity (Wildman–Crippen MR) is 163 cm³/mol. The molecule has 40 heavy (non-hydrogen) atoms. The Balaban J connectivity index is 1.57. The Morgan fingerprint density at radius 1 is 0.950 bits per heavy atom. The topological polar surface area (TPSA) is 112 Å². The minimum Gasteiger partial charge on any atom is -0.494 e. The van der Waals surface area contributed by atoms with Crippen LogP contribution in [0.25, 0.3) is 10.9 Å². The van der Waals surface area contributed by atoms with E-state index in [-0.39, 0.29) is 12.3 Å². The second kappa shape index (κ2) is 11.5. The fourth-order valence-electron chi connectivity index (χ4n) is 4.95. The van der Waals surface area contributed by atoms with Gasteiger partial charge in [0.25, 0.3) is 0 Å². The Kier molecular flexibility index (Phi) is 7.87. The molecule has 1 unspecified atom stereocenters. The number of nitrogens with two attached hydrogens (primary N) is 1. The molecule has 0 spiro atoms. The van der Waals surface area contributed by atoms with Crippen molar-refractivity contribution in [1.82, 2.24) is 4.98 Å². The van der Waals surface area contributed by atoms with Gasteiger partial charge in [0, 0.05) is 27.4 Å². The zero-order valence-electron chi connectivity index (χ0n) is 22.1. The third-order valence-corrected chi connectivity index (χ3v) is 7.48. The van der Waals surface area contributed by atoms with Crippen LogP contribution in [0.3, 0.4) is 0 Å². The highest BCUT2D eigenvalue weighted by atomic mass is 79.9. The van der Waals surface area contributed by atoms with Crippen molar-refractivity contribution in [2.75, 3.05) is 0 Å². The number of nitrogens with one attached hydrogen (secondary N) is 1. The van der Waals surface area contributed by atoms with Gasteiger partial charge in [0.15, 0.2) is 5.88 Å². The van der Waals surface area contributed by atoms with Crippen LogP contribution in [0.4, 0.5) is 5.69 Å². The summed E-state index contributed by atoms with van der Waals surface area (Å²) in [6.07, 6.45) is 1.13. The summed E-state index contributed by atoms with van der Waals surface area (Å²) < 4.78 is 0.887. The lowest BCUT2D eigenvalue weighted by molar-refractivity contribution is -0.136. The number of aromatic nitrogens is 1. The van der Waals surface area contributed by atoms with E-state index in [9.17, 15) is 9.90 Å². The second-order valence-corrected chi connectivity index (χ2v) is 11.1. The molecular formula is C33H30BrN3O3.